The maximum Gasteiger partial charge on any atom is 0.308 e. The summed E-state index contributed by atoms with van der Waals surface area (Å²) < 4.78 is 12.7. The quantitative estimate of drug-likeness (QED) is 0.868. The molecule has 0 aromatic heterocycles. The first-order chi connectivity index (χ1) is 7.91. The van der Waals surface area contributed by atoms with Crippen molar-refractivity contribution in [3.05, 3.63) is 35.6 Å². The summed E-state index contributed by atoms with van der Waals surface area (Å²) in [5.74, 6) is -2.32. The Labute approximate surface area is 98.7 Å². The molecule has 5 heteroatoms. The second kappa shape index (κ2) is 5.43. The number of halogens is 1. The van der Waals surface area contributed by atoms with Crippen molar-refractivity contribution in [3.63, 3.8) is 0 Å². The zero-order valence-electron chi connectivity index (χ0n) is 9.68. The summed E-state index contributed by atoms with van der Waals surface area (Å²) in [6.45, 7) is 1.64. The van der Waals surface area contributed by atoms with Crippen LogP contribution in [0.25, 0.3) is 0 Å². The fourth-order valence-electron chi connectivity index (χ4n) is 1.38. The maximum absolute atomic E-state index is 12.7. The van der Waals surface area contributed by atoms with Gasteiger partial charge < -0.3 is 10.0 Å². The molecular weight excluding hydrogens is 225 g/mol. The molecule has 0 bridgehead atoms. The lowest BCUT2D eigenvalue weighted by Gasteiger charge is -2.19. The van der Waals surface area contributed by atoms with E-state index in [0.29, 0.717) is 5.56 Å². The minimum absolute atomic E-state index is 0.117. The van der Waals surface area contributed by atoms with Gasteiger partial charge in [-0.3, -0.25) is 9.59 Å². The SMILES string of the molecule is CC(CN(C)C(=O)c1ccc(F)cc1)C(=O)O. The first-order valence-electron chi connectivity index (χ1n) is 5.15. The minimum atomic E-state index is -0.955. The highest BCUT2D eigenvalue weighted by molar-refractivity contribution is 5.94. The maximum atomic E-state index is 12.7. The van der Waals surface area contributed by atoms with Crippen LogP contribution in [0.15, 0.2) is 24.3 Å². The Morgan fingerprint density at radius 2 is 1.88 bits per heavy atom. The van der Waals surface area contributed by atoms with Crippen LogP contribution in [-0.4, -0.2) is 35.5 Å². The molecule has 0 radical (unpaired) electrons. The number of carboxylic acids is 1. The Morgan fingerprint density at radius 1 is 1.35 bits per heavy atom. The number of benzene rings is 1. The molecule has 92 valence electrons. The van der Waals surface area contributed by atoms with Gasteiger partial charge in [-0.15, -0.1) is 0 Å². The van der Waals surface area contributed by atoms with E-state index >= 15 is 0 Å². The summed E-state index contributed by atoms with van der Waals surface area (Å²) in [5, 5.41) is 8.73. The van der Waals surface area contributed by atoms with Crippen LogP contribution in [-0.2, 0) is 4.79 Å². The molecule has 0 saturated heterocycles. The predicted molar refractivity (Wildman–Crippen MR) is 60.2 cm³/mol. The molecule has 1 rings (SSSR count). The van der Waals surface area contributed by atoms with E-state index in [2.05, 4.69) is 0 Å². The van der Waals surface area contributed by atoms with Crippen molar-refractivity contribution < 1.29 is 19.1 Å². The normalized spacial score (nSPS) is 11.9. The molecule has 0 aliphatic rings. The van der Waals surface area contributed by atoms with Gasteiger partial charge in [0.05, 0.1) is 5.92 Å². The largest absolute Gasteiger partial charge is 0.481 e. The van der Waals surface area contributed by atoms with Crippen LogP contribution in [0, 0.1) is 11.7 Å². The number of carbonyl (C=O) groups excluding carboxylic acids is 1. The molecule has 0 fully saturated rings. The first-order valence-corrected chi connectivity index (χ1v) is 5.15. The minimum Gasteiger partial charge on any atom is -0.481 e. The third kappa shape index (κ3) is 3.55. The lowest BCUT2D eigenvalue weighted by molar-refractivity contribution is -0.141. The van der Waals surface area contributed by atoms with E-state index in [9.17, 15) is 14.0 Å². The van der Waals surface area contributed by atoms with Crippen LogP contribution < -0.4 is 0 Å². The number of hydrogen-bond donors (Lipinski definition) is 1. The lowest BCUT2D eigenvalue weighted by Crippen LogP contribution is -2.33. The number of amides is 1. The second-order valence-electron chi connectivity index (χ2n) is 3.93. The van der Waals surface area contributed by atoms with Crippen LogP contribution in [0.4, 0.5) is 4.39 Å². The standard InChI is InChI=1S/C12H14FNO3/c1-8(12(16)17)7-14(2)11(15)9-3-5-10(13)6-4-9/h3-6,8H,7H2,1-2H3,(H,16,17). The van der Waals surface area contributed by atoms with Gasteiger partial charge in [0.2, 0.25) is 0 Å². The van der Waals surface area contributed by atoms with Crippen molar-refractivity contribution >= 4 is 11.9 Å². The molecule has 1 unspecified atom stereocenters. The van der Waals surface area contributed by atoms with Crippen LogP contribution in [0.3, 0.4) is 0 Å². The monoisotopic (exact) mass is 239 g/mol. The van der Waals surface area contributed by atoms with Gasteiger partial charge in [-0.2, -0.15) is 0 Å². The molecule has 1 N–H and O–H groups in total. The van der Waals surface area contributed by atoms with E-state index in [0.717, 1.165) is 0 Å². The molecule has 0 saturated carbocycles. The zero-order valence-corrected chi connectivity index (χ0v) is 9.68. The highest BCUT2D eigenvalue weighted by Crippen LogP contribution is 2.07. The summed E-state index contributed by atoms with van der Waals surface area (Å²) in [6.07, 6.45) is 0. The molecule has 4 nitrogen and oxygen atoms in total. The summed E-state index contributed by atoms with van der Waals surface area (Å²) in [7, 11) is 1.52. The van der Waals surface area contributed by atoms with Crippen molar-refractivity contribution in [1.29, 1.82) is 0 Å². The van der Waals surface area contributed by atoms with E-state index in [-0.39, 0.29) is 12.5 Å². The van der Waals surface area contributed by atoms with Crippen molar-refractivity contribution in [2.75, 3.05) is 13.6 Å². The number of hydrogen-bond acceptors (Lipinski definition) is 2. The average molecular weight is 239 g/mol. The third-order valence-electron chi connectivity index (χ3n) is 2.41. The molecule has 1 aromatic carbocycles. The van der Waals surface area contributed by atoms with Gasteiger partial charge in [-0.1, -0.05) is 6.92 Å². The summed E-state index contributed by atoms with van der Waals surface area (Å²) in [4.78, 5) is 23.8. The number of nitrogens with zero attached hydrogens (tertiary/aromatic N) is 1. The van der Waals surface area contributed by atoms with E-state index in [1.54, 1.807) is 0 Å². The summed E-state index contributed by atoms with van der Waals surface area (Å²) >= 11 is 0. The van der Waals surface area contributed by atoms with Crippen molar-refractivity contribution in [2.45, 2.75) is 6.92 Å². The fraction of sp³-hybridized carbons (Fsp3) is 0.333. The van der Waals surface area contributed by atoms with Gasteiger partial charge in [0, 0.05) is 19.2 Å². The Kier molecular flexibility index (Phi) is 4.20. The van der Waals surface area contributed by atoms with Gasteiger partial charge in [-0.05, 0) is 24.3 Å². The third-order valence-corrected chi connectivity index (χ3v) is 2.41. The molecule has 1 aromatic rings. The number of carboxylic acid groups (broad SMARTS) is 1. The Balaban J connectivity index is 2.70. The van der Waals surface area contributed by atoms with E-state index in [1.165, 1.54) is 43.1 Å². The Morgan fingerprint density at radius 3 is 2.35 bits per heavy atom. The Bertz CT molecular complexity index is 416. The van der Waals surface area contributed by atoms with Gasteiger partial charge in [0.15, 0.2) is 0 Å². The molecular formula is C12H14FNO3. The summed E-state index contributed by atoms with van der Waals surface area (Å²) in [6, 6.07) is 5.14. The van der Waals surface area contributed by atoms with Gasteiger partial charge in [-0.25, -0.2) is 4.39 Å². The molecule has 1 atom stereocenters. The van der Waals surface area contributed by atoms with Crippen molar-refractivity contribution in [3.8, 4) is 0 Å². The molecule has 17 heavy (non-hydrogen) atoms. The van der Waals surface area contributed by atoms with Crippen molar-refractivity contribution in [1.82, 2.24) is 4.90 Å². The van der Waals surface area contributed by atoms with E-state index in [1.807, 2.05) is 0 Å². The van der Waals surface area contributed by atoms with Crippen LogP contribution in [0.1, 0.15) is 17.3 Å². The van der Waals surface area contributed by atoms with Crippen LogP contribution >= 0.6 is 0 Å². The number of aliphatic carboxylic acids is 1. The van der Waals surface area contributed by atoms with E-state index in [4.69, 9.17) is 5.11 Å². The van der Waals surface area contributed by atoms with Gasteiger partial charge >= 0.3 is 5.97 Å². The summed E-state index contributed by atoms with van der Waals surface area (Å²) in [5.41, 5.74) is 0.339. The van der Waals surface area contributed by atoms with Crippen LogP contribution in [0.5, 0.6) is 0 Å². The lowest BCUT2D eigenvalue weighted by atomic mass is 10.1. The number of rotatable bonds is 4. The fourth-order valence-corrected chi connectivity index (χ4v) is 1.38. The van der Waals surface area contributed by atoms with Gasteiger partial charge in [0.25, 0.3) is 5.91 Å². The van der Waals surface area contributed by atoms with Gasteiger partial charge in [0.1, 0.15) is 5.82 Å². The van der Waals surface area contributed by atoms with Crippen LogP contribution in [0.2, 0.25) is 0 Å². The second-order valence-corrected chi connectivity index (χ2v) is 3.93. The molecule has 0 aliphatic carbocycles. The highest BCUT2D eigenvalue weighted by Gasteiger charge is 2.18. The average Bonchev–Trinajstić information content (AvgIpc) is 2.28. The zero-order chi connectivity index (χ0) is 13.0. The van der Waals surface area contributed by atoms with Crippen molar-refractivity contribution in [2.24, 2.45) is 5.92 Å². The first kappa shape index (κ1) is 13.2. The highest BCUT2D eigenvalue weighted by atomic mass is 19.1. The molecule has 0 heterocycles. The predicted octanol–water partition coefficient (Wildman–Crippen LogP) is 1.62. The number of carbonyl (C=O) groups is 2. The molecule has 1 amide bonds. The van der Waals surface area contributed by atoms with E-state index < -0.39 is 17.7 Å². The Hall–Kier alpha value is -1.91. The molecule has 0 aliphatic heterocycles. The molecule has 0 spiro atoms. The smallest absolute Gasteiger partial charge is 0.308 e. The topological polar surface area (TPSA) is 57.6 Å².